The lowest BCUT2D eigenvalue weighted by molar-refractivity contribution is -0.384. The van der Waals surface area contributed by atoms with Crippen LogP contribution in [0.25, 0.3) is 0 Å². The molecule has 1 aromatic rings. The van der Waals surface area contributed by atoms with Crippen molar-refractivity contribution < 1.29 is 4.92 Å². The fourth-order valence-electron chi connectivity index (χ4n) is 2.08. The van der Waals surface area contributed by atoms with Crippen LogP contribution in [0.5, 0.6) is 0 Å². The van der Waals surface area contributed by atoms with Gasteiger partial charge in [0.05, 0.1) is 4.92 Å². The molecule has 1 atom stereocenters. The lowest BCUT2D eigenvalue weighted by Gasteiger charge is -2.32. The minimum atomic E-state index is -0.379. The smallest absolute Gasteiger partial charge is 0.311 e. The summed E-state index contributed by atoms with van der Waals surface area (Å²) in [5.41, 5.74) is 0.870. The number of anilines is 1. The van der Waals surface area contributed by atoms with E-state index in [9.17, 15) is 10.1 Å². The molecule has 0 radical (unpaired) electrons. The van der Waals surface area contributed by atoms with E-state index in [1.165, 1.54) is 19.3 Å². The van der Waals surface area contributed by atoms with Crippen molar-refractivity contribution in [2.24, 2.45) is 5.92 Å². The van der Waals surface area contributed by atoms with E-state index in [0.29, 0.717) is 11.7 Å². The highest BCUT2D eigenvalue weighted by atomic mass is 16.6. The lowest BCUT2D eigenvalue weighted by atomic mass is 9.80. The van der Waals surface area contributed by atoms with Crippen LogP contribution in [0.3, 0.4) is 0 Å². The number of aryl methyl sites for hydroxylation is 1. The third-order valence-corrected chi connectivity index (χ3v) is 3.42. The van der Waals surface area contributed by atoms with Crippen molar-refractivity contribution in [3.63, 3.8) is 0 Å². The molecule has 1 aromatic heterocycles. The molecular weight excluding hydrogens is 218 g/mol. The molecule has 0 saturated heterocycles. The molecule has 1 saturated carbocycles. The Labute approximate surface area is 100 Å². The maximum atomic E-state index is 10.9. The van der Waals surface area contributed by atoms with Gasteiger partial charge in [0.2, 0.25) is 5.82 Å². The monoisotopic (exact) mass is 235 g/mol. The summed E-state index contributed by atoms with van der Waals surface area (Å²) in [5.74, 6) is 1.01. The number of aromatic nitrogens is 1. The molecule has 1 aliphatic carbocycles. The van der Waals surface area contributed by atoms with Crippen molar-refractivity contribution >= 4 is 11.5 Å². The summed E-state index contributed by atoms with van der Waals surface area (Å²) in [6.45, 7) is 3.87. The van der Waals surface area contributed by atoms with Crippen LogP contribution >= 0.6 is 0 Å². The predicted octanol–water partition coefficient (Wildman–Crippen LogP) is 2.90. The van der Waals surface area contributed by atoms with Crippen LogP contribution in [-0.2, 0) is 0 Å². The molecule has 1 aliphatic rings. The summed E-state index contributed by atoms with van der Waals surface area (Å²) >= 11 is 0. The molecule has 0 aliphatic heterocycles. The first-order valence-electron chi connectivity index (χ1n) is 5.95. The maximum Gasteiger partial charge on any atom is 0.311 e. The van der Waals surface area contributed by atoms with Crippen LogP contribution in [0.2, 0.25) is 0 Å². The van der Waals surface area contributed by atoms with Crippen LogP contribution in [0.1, 0.15) is 31.7 Å². The lowest BCUT2D eigenvalue weighted by Crippen LogP contribution is -2.31. The van der Waals surface area contributed by atoms with Crippen LogP contribution in [0, 0.1) is 23.0 Å². The standard InChI is InChI=1S/C12H17N3O2/c1-8-6-11(15(16)17)12(13-7-8)14-9(2)10-4-3-5-10/h6-7,9-10H,3-5H2,1-2H3,(H,13,14). The van der Waals surface area contributed by atoms with E-state index in [2.05, 4.69) is 17.2 Å². The van der Waals surface area contributed by atoms with Crippen molar-refractivity contribution in [2.75, 3.05) is 5.32 Å². The number of nitrogens with zero attached hydrogens (tertiary/aromatic N) is 2. The molecule has 1 heterocycles. The van der Waals surface area contributed by atoms with Gasteiger partial charge < -0.3 is 5.32 Å². The molecule has 2 rings (SSSR count). The Bertz CT molecular complexity index is 430. The molecular formula is C12H17N3O2. The third-order valence-electron chi connectivity index (χ3n) is 3.42. The number of hydrogen-bond acceptors (Lipinski definition) is 4. The first-order chi connectivity index (χ1) is 8.08. The van der Waals surface area contributed by atoms with E-state index < -0.39 is 0 Å². The van der Waals surface area contributed by atoms with Gasteiger partial charge in [0.15, 0.2) is 0 Å². The molecule has 1 fully saturated rings. The number of rotatable bonds is 4. The van der Waals surface area contributed by atoms with Crippen molar-refractivity contribution in [3.8, 4) is 0 Å². The zero-order chi connectivity index (χ0) is 12.4. The van der Waals surface area contributed by atoms with Gasteiger partial charge in [0.1, 0.15) is 0 Å². The Balaban J connectivity index is 2.16. The predicted molar refractivity (Wildman–Crippen MR) is 66.1 cm³/mol. The molecule has 5 heteroatoms. The zero-order valence-corrected chi connectivity index (χ0v) is 10.1. The fraction of sp³-hybridized carbons (Fsp3) is 0.583. The van der Waals surface area contributed by atoms with Gasteiger partial charge in [0.25, 0.3) is 0 Å². The van der Waals surface area contributed by atoms with Crippen LogP contribution in [-0.4, -0.2) is 15.9 Å². The fourth-order valence-corrected chi connectivity index (χ4v) is 2.08. The van der Waals surface area contributed by atoms with Gasteiger partial charge in [-0.25, -0.2) is 4.98 Å². The molecule has 5 nitrogen and oxygen atoms in total. The summed E-state index contributed by atoms with van der Waals surface area (Å²) in [5, 5.41) is 14.1. The molecule has 0 aromatic carbocycles. The number of pyridine rings is 1. The van der Waals surface area contributed by atoms with Crippen LogP contribution in [0.15, 0.2) is 12.3 Å². The minimum absolute atomic E-state index is 0.0659. The highest BCUT2D eigenvalue weighted by Crippen LogP contribution is 2.32. The van der Waals surface area contributed by atoms with Gasteiger partial charge in [-0.05, 0) is 38.2 Å². The largest absolute Gasteiger partial charge is 0.362 e. The highest BCUT2D eigenvalue weighted by molar-refractivity contribution is 5.57. The van der Waals surface area contributed by atoms with E-state index in [1.54, 1.807) is 19.2 Å². The number of nitro groups is 1. The normalized spacial score (nSPS) is 17.3. The molecule has 17 heavy (non-hydrogen) atoms. The summed E-state index contributed by atoms with van der Waals surface area (Å²) < 4.78 is 0. The molecule has 1 unspecified atom stereocenters. The average molecular weight is 235 g/mol. The molecule has 0 spiro atoms. The van der Waals surface area contributed by atoms with E-state index >= 15 is 0 Å². The molecule has 1 N–H and O–H groups in total. The second-order valence-electron chi connectivity index (χ2n) is 4.76. The zero-order valence-electron chi connectivity index (χ0n) is 10.1. The average Bonchev–Trinajstić information content (AvgIpc) is 2.17. The Morgan fingerprint density at radius 1 is 1.59 bits per heavy atom. The summed E-state index contributed by atoms with van der Waals surface area (Å²) in [4.78, 5) is 14.7. The Hall–Kier alpha value is -1.65. The van der Waals surface area contributed by atoms with E-state index in [4.69, 9.17) is 0 Å². The highest BCUT2D eigenvalue weighted by Gasteiger charge is 2.26. The minimum Gasteiger partial charge on any atom is -0.362 e. The second-order valence-corrected chi connectivity index (χ2v) is 4.76. The first kappa shape index (κ1) is 11.8. The second kappa shape index (κ2) is 4.69. The van der Waals surface area contributed by atoms with Gasteiger partial charge in [-0.3, -0.25) is 10.1 Å². The van der Waals surface area contributed by atoms with Gasteiger partial charge in [-0.15, -0.1) is 0 Å². The van der Waals surface area contributed by atoms with Crippen molar-refractivity contribution in [2.45, 2.75) is 39.2 Å². The van der Waals surface area contributed by atoms with E-state index in [1.807, 2.05) is 0 Å². The van der Waals surface area contributed by atoms with Gasteiger partial charge in [-0.1, -0.05) is 6.42 Å². The number of hydrogen-bond donors (Lipinski definition) is 1. The van der Waals surface area contributed by atoms with Gasteiger partial charge in [-0.2, -0.15) is 0 Å². The summed E-state index contributed by atoms with van der Waals surface area (Å²) in [6, 6.07) is 1.81. The SMILES string of the molecule is Cc1cnc(NC(C)C2CCC2)c([N+](=O)[O-])c1. The summed E-state index contributed by atoms with van der Waals surface area (Å²) in [6.07, 6.45) is 5.32. The maximum absolute atomic E-state index is 10.9. The van der Waals surface area contributed by atoms with Crippen LogP contribution < -0.4 is 5.32 Å². The first-order valence-corrected chi connectivity index (χ1v) is 5.95. The van der Waals surface area contributed by atoms with E-state index in [0.717, 1.165) is 5.56 Å². The van der Waals surface area contributed by atoms with Gasteiger partial charge in [0, 0.05) is 18.3 Å². The summed E-state index contributed by atoms with van der Waals surface area (Å²) in [7, 11) is 0. The molecule has 0 amide bonds. The van der Waals surface area contributed by atoms with Crippen LogP contribution in [0.4, 0.5) is 11.5 Å². The third kappa shape index (κ3) is 2.54. The van der Waals surface area contributed by atoms with Crippen molar-refractivity contribution in [1.82, 2.24) is 4.98 Å². The van der Waals surface area contributed by atoms with E-state index in [-0.39, 0.29) is 16.7 Å². The van der Waals surface area contributed by atoms with Crippen molar-refractivity contribution in [1.29, 1.82) is 0 Å². The molecule has 92 valence electrons. The Morgan fingerprint density at radius 2 is 2.29 bits per heavy atom. The van der Waals surface area contributed by atoms with Gasteiger partial charge >= 0.3 is 5.69 Å². The van der Waals surface area contributed by atoms with Crippen molar-refractivity contribution in [3.05, 3.63) is 27.9 Å². The Morgan fingerprint density at radius 3 is 2.82 bits per heavy atom. The topological polar surface area (TPSA) is 68.1 Å². The molecule has 0 bridgehead atoms. The number of nitrogens with one attached hydrogen (secondary N) is 1. The quantitative estimate of drug-likeness (QED) is 0.643. The Kier molecular flexibility index (Phi) is 3.26.